The molecule has 59 heavy (non-hydrogen) atoms. The number of aliphatic imine (C=N–C) groups is 2. The summed E-state index contributed by atoms with van der Waals surface area (Å²) < 4.78 is 66.6. The van der Waals surface area contributed by atoms with Gasteiger partial charge >= 0.3 is 0 Å². The molecule has 2 N–H and O–H groups in total. The van der Waals surface area contributed by atoms with Crippen molar-refractivity contribution in [3.63, 3.8) is 0 Å². The number of pyridine rings is 1. The van der Waals surface area contributed by atoms with Crippen LogP contribution in [0.2, 0.25) is 0 Å². The number of hydrogen-bond donors (Lipinski definition) is 2. The zero-order valence-electron chi connectivity index (χ0n) is 33.7. The van der Waals surface area contributed by atoms with E-state index in [1.54, 1.807) is 25.1 Å². The molecule has 1 saturated heterocycles. The van der Waals surface area contributed by atoms with Crippen molar-refractivity contribution in [1.29, 1.82) is 0 Å². The van der Waals surface area contributed by atoms with Crippen molar-refractivity contribution in [2.24, 2.45) is 15.9 Å². The van der Waals surface area contributed by atoms with E-state index in [0.717, 1.165) is 67.1 Å². The zero-order valence-corrected chi connectivity index (χ0v) is 34.5. The fourth-order valence-electron chi connectivity index (χ4n) is 7.72. The van der Waals surface area contributed by atoms with Crippen LogP contribution in [0.4, 0.5) is 25.8 Å². The van der Waals surface area contributed by atoms with E-state index < -0.39 is 39.1 Å². The molecule has 1 atom stereocenters. The highest BCUT2D eigenvalue weighted by Crippen LogP contribution is 2.39. The molecule has 2 aromatic heterocycles. The topological polar surface area (TPSA) is 139 Å². The summed E-state index contributed by atoms with van der Waals surface area (Å²) in [5.41, 5.74) is 5.09. The third kappa shape index (κ3) is 9.40. The van der Waals surface area contributed by atoms with Crippen molar-refractivity contribution in [2.75, 3.05) is 53.8 Å². The van der Waals surface area contributed by atoms with Crippen LogP contribution in [-0.4, -0.2) is 74.2 Å². The van der Waals surface area contributed by atoms with E-state index in [1.165, 1.54) is 12.3 Å². The van der Waals surface area contributed by atoms with Crippen LogP contribution in [0.3, 0.4) is 0 Å². The van der Waals surface area contributed by atoms with Crippen LogP contribution in [0.25, 0.3) is 16.9 Å². The standard InChI is InChI=1S/C44H49F2N7O5S/c1-5-29-26-35(38(58-7-3)27-36(29)52-22-17-28(18-23-52)19-24-59(4,55)56)49-44-47-20-16-34(48-44)42-40(50-39-13-8-9-21-53(39)42)30-14-15-37(57-6-2)31(25-30)43(54)51-41-32(45)11-10-12-33(41)46/h8-15,20-21,25-28,34H,5-7,16-19,22-24H2,1-4H3,(H,48,49)(H,51,54). The number of rotatable bonds is 14. The first-order valence-corrected chi connectivity index (χ1v) is 22.1. The van der Waals surface area contributed by atoms with Crippen LogP contribution in [0, 0.1) is 17.6 Å². The van der Waals surface area contributed by atoms with E-state index in [0.29, 0.717) is 54.0 Å². The van der Waals surface area contributed by atoms with Crippen LogP contribution in [0.5, 0.6) is 11.5 Å². The number of carbonyl (C=O) groups is 1. The molecular formula is C44H49F2N7O5S. The lowest BCUT2D eigenvalue weighted by atomic mass is 9.93. The number of nitrogens with zero attached hydrogens (tertiary/aromatic N) is 5. The molecule has 3 aromatic carbocycles. The Bertz CT molecular complexity index is 2490. The van der Waals surface area contributed by atoms with E-state index >= 15 is 0 Å². The van der Waals surface area contributed by atoms with E-state index in [4.69, 9.17) is 19.5 Å². The van der Waals surface area contributed by atoms with Gasteiger partial charge in [0.15, 0.2) is 0 Å². The maximum atomic E-state index is 14.6. The summed E-state index contributed by atoms with van der Waals surface area (Å²) in [6.07, 6.45) is 8.83. The minimum atomic E-state index is -2.99. The van der Waals surface area contributed by atoms with Gasteiger partial charge in [0.1, 0.15) is 50.3 Å². The maximum absolute atomic E-state index is 14.6. The summed E-state index contributed by atoms with van der Waals surface area (Å²) in [7, 11) is -2.99. The number of para-hydroxylation sites is 1. The van der Waals surface area contributed by atoms with Gasteiger partial charge < -0.3 is 29.4 Å². The molecule has 0 radical (unpaired) electrons. The first kappa shape index (κ1) is 41.3. The molecule has 0 bridgehead atoms. The highest BCUT2D eigenvalue weighted by atomic mass is 32.2. The Morgan fingerprint density at radius 1 is 0.932 bits per heavy atom. The van der Waals surface area contributed by atoms with Crippen molar-refractivity contribution in [2.45, 2.75) is 58.9 Å². The summed E-state index contributed by atoms with van der Waals surface area (Å²) >= 11 is 0. The number of halogens is 2. The molecule has 0 aliphatic carbocycles. The number of aromatic nitrogens is 2. The summed E-state index contributed by atoms with van der Waals surface area (Å²) in [4.78, 5) is 30.7. The van der Waals surface area contributed by atoms with Gasteiger partial charge in [-0.1, -0.05) is 19.1 Å². The summed E-state index contributed by atoms with van der Waals surface area (Å²) in [5.74, 6) is -0.614. The SMILES string of the molecule is CCOc1cc(N2CCC(CCS(C)(=O)=O)CC2)c(CC)cc1NC1=NC(c2c(-c3ccc(OCC)c(C(=O)Nc4c(F)cccc4F)c3)nc3ccccn23)CC=N1. The Labute approximate surface area is 343 Å². The maximum Gasteiger partial charge on any atom is 0.259 e. The molecule has 1 fully saturated rings. The lowest BCUT2D eigenvalue weighted by Gasteiger charge is -2.35. The number of amides is 1. The average Bonchev–Trinajstić information content (AvgIpc) is 3.62. The third-order valence-electron chi connectivity index (χ3n) is 10.7. The molecule has 4 heterocycles. The molecule has 2 aliphatic rings. The number of hydrogen-bond acceptors (Lipinski definition) is 10. The first-order chi connectivity index (χ1) is 28.5. The van der Waals surface area contributed by atoms with Crippen LogP contribution < -0.4 is 25.0 Å². The number of benzene rings is 3. The van der Waals surface area contributed by atoms with Crippen molar-refractivity contribution >= 4 is 50.6 Å². The lowest BCUT2D eigenvalue weighted by Crippen LogP contribution is -2.35. The van der Waals surface area contributed by atoms with Crippen molar-refractivity contribution in [1.82, 2.24) is 9.38 Å². The summed E-state index contributed by atoms with van der Waals surface area (Å²) in [6.45, 7) is 8.24. The number of aryl methyl sites for hydroxylation is 1. The van der Waals surface area contributed by atoms with E-state index in [-0.39, 0.29) is 23.7 Å². The highest BCUT2D eigenvalue weighted by molar-refractivity contribution is 7.90. The van der Waals surface area contributed by atoms with Crippen LogP contribution in [-0.2, 0) is 16.3 Å². The second kappa shape index (κ2) is 18.0. The Hall–Kier alpha value is -5.83. The van der Waals surface area contributed by atoms with Gasteiger partial charge in [-0.15, -0.1) is 0 Å². The number of anilines is 3. The summed E-state index contributed by atoms with van der Waals surface area (Å²) in [6, 6.07) is 17.9. The normalized spacial score (nSPS) is 15.9. The van der Waals surface area contributed by atoms with E-state index in [2.05, 4.69) is 39.6 Å². The van der Waals surface area contributed by atoms with Crippen molar-refractivity contribution in [3.8, 4) is 22.8 Å². The fourth-order valence-corrected chi connectivity index (χ4v) is 8.48. The third-order valence-corrected chi connectivity index (χ3v) is 11.6. The van der Waals surface area contributed by atoms with Gasteiger partial charge in [0.25, 0.3) is 5.91 Å². The van der Waals surface area contributed by atoms with Crippen molar-refractivity contribution < 1.29 is 31.5 Å². The molecule has 0 spiro atoms. The molecule has 12 nitrogen and oxygen atoms in total. The Morgan fingerprint density at radius 3 is 2.39 bits per heavy atom. The second-order valence-corrected chi connectivity index (χ2v) is 17.0. The minimum absolute atomic E-state index is 0.0843. The Balaban J connectivity index is 1.19. The van der Waals surface area contributed by atoms with Gasteiger partial charge in [-0.3, -0.25) is 4.79 Å². The first-order valence-electron chi connectivity index (χ1n) is 20.1. The van der Waals surface area contributed by atoms with Crippen LogP contribution in [0.15, 0.2) is 82.9 Å². The zero-order chi connectivity index (χ0) is 41.7. The van der Waals surface area contributed by atoms with Crippen LogP contribution >= 0.6 is 0 Å². The number of carbonyl (C=O) groups excluding carboxylic acids is 1. The largest absolute Gasteiger partial charge is 0.493 e. The second-order valence-electron chi connectivity index (χ2n) is 14.7. The minimum Gasteiger partial charge on any atom is -0.493 e. The number of piperidine rings is 1. The molecule has 310 valence electrons. The van der Waals surface area contributed by atoms with Crippen LogP contribution in [0.1, 0.15) is 74.1 Å². The van der Waals surface area contributed by atoms with Crippen molar-refractivity contribution in [3.05, 3.63) is 101 Å². The van der Waals surface area contributed by atoms with Gasteiger partial charge in [0.2, 0.25) is 5.96 Å². The molecular weight excluding hydrogens is 777 g/mol. The molecule has 7 rings (SSSR count). The monoisotopic (exact) mass is 825 g/mol. The van der Waals surface area contributed by atoms with Gasteiger partial charge in [-0.05, 0) is 99.5 Å². The predicted molar refractivity (Wildman–Crippen MR) is 229 cm³/mol. The highest BCUT2D eigenvalue weighted by Gasteiger charge is 2.28. The molecule has 1 unspecified atom stereocenters. The number of guanidine groups is 1. The fraction of sp³-hybridized carbons (Fsp3) is 0.364. The van der Waals surface area contributed by atoms with Gasteiger partial charge in [0, 0.05) is 55.5 Å². The molecule has 1 amide bonds. The van der Waals surface area contributed by atoms with Gasteiger partial charge in [0.05, 0.1) is 41.6 Å². The quantitative estimate of drug-likeness (QED) is 0.114. The number of imidazole rings is 1. The van der Waals surface area contributed by atoms with Gasteiger partial charge in [-0.2, -0.15) is 0 Å². The Morgan fingerprint density at radius 2 is 1.68 bits per heavy atom. The number of sulfone groups is 1. The molecule has 0 saturated carbocycles. The summed E-state index contributed by atoms with van der Waals surface area (Å²) in [5, 5.41) is 5.83. The molecule has 5 aromatic rings. The molecule has 15 heteroatoms. The lowest BCUT2D eigenvalue weighted by molar-refractivity contribution is 0.102. The number of fused-ring (bicyclic) bond motifs is 1. The number of ether oxygens (including phenoxy) is 2. The number of nitrogens with one attached hydrogen (secondary N) is 2. The smallest absolute Gasteiger partial charge is 0.259 e. The van der Waals surface area contributed by atoms with E-state index in [9.17, 15) is 22.0 Å². The Kier molecular flexibility index (Phi) is 12.6. The predicted octanol–water partition coefficient (Wildman–Crippen LogP) is 8.53. The van der Waals surface area contributed by atoms with E-state index in [1.807, 2.05) is 41.9 Å². The molecule has 2 aliphatic heterocycles. The average molecular weight is 826 g/mol. The van der Waals surface area contributed by atoms with Gasteiger partial charge in [-0.25, -0.2) is 32.2 Å².